The molecule has 1 unspecified atom stereocenters. The van der Waals surface area contributed by atoms with Gasteiger partial charge in [0.05, 0.1) is 0 Å². The molecule has 0 aromatic heterocycles. The van der Waals surface area contributed by atoms with Crippen molar-refractivity contribution in [2.45, 2.75) is 59.6 Å². The molecule has 0 heterocycles. The van der Waals surface area contributed by atoms with Gasteiger partial charge in [-0.3, -0.25) is 4.79 Å². The Balaban J connectivity index is 0.00000484. The first kappa shape index (κ1) is 21.7. The van der Waals surface area contributed by atoms with Crippen molar-refractivity contribution in [3.05, 3.63) is 29.3 Å². The number of hydrogen-bond acceptors (Lipinski definition) is 3. The summed E-state index contributed by atoms with van der Waals surface area (Å²) in [6, 6.07) is 6.44. The molecule has 0 saturated carbocycles. The molecule has 4 nitrogen and oxygen atoms in total. The molecule has 1 rings (SSSR count). The third-order valence-corrected chi connectivity index (χ3v) is 3.69. The van der Waals surface area contributed by atoms with Crippen LogP contribution in [0.4, 0.5) is 0 Å². The first-order valence-electron chi connectivity index (χ1n) is 8.13. The number of nitrogens with one attached hydrogen (secondary N) is 2. The Bertz CT molecular complexity index is 492. The van der Waals surface area contributed by atoms with Crippen LogP contribution in [0.15, 0.2) is 18.2 Å². The number of ether oxygens (including phenoxy) is 1. The van der Waals surface area contributed by atoms with Gasteiger partial charge < -0.3 is 15.4 Å². The number of benzene rings is 1. The van der Waals surface area contributed by atoms with Crippen LogP contribution in [0.1, 0.15) is 51.7 Å². The Hall–Kier alpha value is -1.26. The van der Waals surface area contributed by atoms with Gasteiger partial charge in [-0.15, -0.1) is 12.4 Å². The second-order valence-corrected chi connectivity index (χ2v) is 6.14. The van der Waals surface area contributed by atoms with E-state index in [0.29, 0.717) is 12.5 Å². The van der Waals surface area contributed by atoms with Crippen molar-refractivity contribution in [2.75, 3.05) is 13.1 Å². The van der Waals surface area contributed by atoms with Gasteiger partial charge in [0.1, 0.15) is 5.75 Å². The molecule has 1 aromatic rings. The van der Waals surface area contributed by atoms with Crippen LogP contribution in [-0.2, 0) is 4.79 Å². The minimum absolute atomic E-state index is 0. The highest BCUT2D eigenvalue weighted by molar-refractivity contribution is 5.85. The molecule has 2 atom stereocenters. The summed E-state index contributed by atoms with van der Waals surface area (Å²) >= 11 is 0. The molecule has 0 fully saturated rings. The van der Waals surface area contributed by atoms with E-state index in [9.17, 15) is 4.79 Å². The Morgan fingerprint density at radius 3 is 2.43 bits per heavy atom. The fourth-order valence-corrected chi connectivity index (χ4v) is 2.16. The maximum absolute atomic E-state index is 12.1. The first-order valence-corrected chi connectivity index (χ1v) is 8.13. The Morgan fingerprint density at radius 1 is 1.22 bits per heavy atom. The van der Waals surface area contributed by atoms with Crippen LogP contribution in [0.3, 0.4) is 0 Å². The summed E-state index contributed by atoms with van der Waals surface area (Å²) in [5.74, 6) is 1.14. The average Bonchev–Trinajstić information content (AvgIpc) is 2.46. The number of aryl methyl sites for hydroxylation is 1. The van der Waals surface area contributed by atoms with E-state index in [0.717, 1.165) is 17.9 Å². The van der Waals surface area contributed by atoms with E-state index in [-0.39, 0.29) is 24.4 Å². The zero-order valence-corrected chi connectivity index (χ0v) is 15.9. The van der Waals surface area contributed by atoms with Gasteiger partial charge in [-0.05, 0) is 50.4 Å². The molecule has 5 heteroatoms. The maximum Gasteiger partial charge on any atom is 0.260 e. The number of carbonyl (C=O) groups is 1. The molecule has 0 bridgehead atoms. The number of rotatable bonds is 8. The monoisotopic (exact) mass is 342 g/mol. The van der Waals surface area contributed by atoms with Crippen LogP contribution in [0.25, 0.3) is 0 Å². The lowest BCUT2D eigenvalue weighted by Gasteiger charge is -2.19. The lowest BCUT2D eigenvalue weighted by molar-refractivity contribution is -0.127. The van der Waals surface area contributed by atoms with Crippen molar-refractivity contribution in [3.8, 4) is 5.75 Å². The minimum Gasteiger partial charge on any atom is -0.481 e. The number of carbonyl (C=O) groups excluding carboxylic acids is 1. The van der Waals surface area contributed by atoms with E-state index >= 15 is 0 Å². The second kappa shape index (κ2) is 10.5. The quantitative estimate of drug-likeness (QED) is 0.761. The zero-order chi connectivity index (χ0) is 16.7. The highest BCUT2D eigenvalue weighted by atomic mass is 35.5. The van der Waals surface area contributed by atoms with Gasteiger partial charge in [0.2, 0.25) is 0 Å². The third-order valence-electron chi connectivity index (χ3n) is 3.69. The fraction of sp³-hybridized carbons (Fsp3) is 0.611. The summed E-state index contributed by atoms with van der Waals surface area (Å²) in [6.07, 6.45) is -0.505. The topological polar surface area (TPSA) is 50.4 Å². The average molecular weight is 343 g/mol. The van der Waals surface area contributed by atoms with Gasteiger partial charge in [-0.25, -0.2) is 0 Å². The number of amides is 1. The molecule has 1 amide bonds. The SMILES string of the molecule is CCN[C@H](C)CNC(=O)C(C)Oc1cc(C(C)C)ccc1C.Cl. The predicted molar refractivity (Wildman–Crippen MR) is 98.8 cm³/mol. The first-order chi connectivity index (χ1) is 10.3. The molecular formula is C18H31ClN2O2. The highest BCUT2D eigenvalue weighted by Gasteiger charge is 2.16. The Kier molecular flexibility index (Phi) is 9.93. The van der Waals surface area contributed by atoms with E-state index in [1.807, 2.05) is 26.0 Å². The molecule has 2 N–H and O–H groups in total. The maximum atomic E-state index is 12.1. The van der Waals surface area contributed by atoms with Crippen molar-refractivity contribution < 1.29 is 9.53 Å². The summed E-state index contributed by atoms with van der Waals surface area (Å²) in [5.41, 5.74) is 2.26. The van der Waals surface area contributed by atoms with Gasteiger partial charge in [0.25, 0.3) is 5.91 Å². The van der Waals surface area contributed by atoms with Crippen LogP contribution in [-0.4, -0.2) is 31.1 Å². The summed E-state index contributed by atoms with van der Waals surface area (Å²) in [6.45, 7) is 13.7. The van der Waals surface area contributed by atoms with Gasteiger partial charge in [0, 0.05) is 12.6 Å². The summed E-state index contributed by atoms with van der Waals surface area (Å²) < 4.78 is 5.86. The third kappa shape index (κ3) is 7.23. The Labute approximate surface area is 146 Å². The Morgan fingerprint density at radius 2 is 1.87 bits per heavy atom. The largest absolute Gasteiger partial charge is 0.481 e. The van der Waals surface area contributed by atoms with Crippen LogP contribution < -0.4 is 15.4 Å². The van der Waals surface area contributed by atoms with Gasteiger partial charge in [-0.2, -0.15) is 0 Å². The van der Waals surface area contributed by atoms with Gasteiger partial charge in [0.15, 0.2) is 6.10 Å². The zero-order valence-electron chi connectivity index (χ0n) is 15.1. The van der Waals surface area contributed by atoms with Crippen LogP contribution >= 0.6 is 12.4 Å². The molecule has 0 spiro atoms. The second-order valence-electron chi connectivity index (χ2n) is 6.14. The fourth-order valence-electron chi connectivity index (χ4n) is 2.16. The van der Waals surface area contributed by atoms with Gasteiger partial charge >= 0.3 is 0 Å². The lowest BCUT2D eigenvalue weighted by Crippen LogP contribution is -2.43. The summed E-state index contributed by atoms with van der Waals surface area (Å²) in [5, 5.41) is 6.18. The van der Waals surface area contributed by atoms with Crippen molar-refractivity contribution in [2.24, 2.45) is 0 Å². The van der Waals surface area contributed by atoms with Crippen LogP contribution in [0.2, 0.25) is 0 Å². The molecule has 132 valence electrons. The van der Waals surface area contributed by atoms with E-state index in [1.54, 1.807) is 6.92 Å². The molecule has 23 heavy (non-hydrogen) atoms. The van der Waals surface area contributed by atoms with E-state index in [4.69, 9.17) is 4.74 Å². The van der Waals surface area contributed by atoms with E-state index < -0.39 is 6.10 Å². The predicted octanol–water partition coefficient (Wildman–Crippen LogP) is 3.42. The van der Waals surface area contributed by atoms with Crippen molar-refractivity contribution in [1.82, 2.24) is 10.6 Å². The van der Waals surface area contributed by atoms with Crippen molar-refractivity contribution in [1.29, 1.82) is 0 Å². The molecule has 0 aliphatic heterocycles. The molecule has 1 aromatic carbocycles. The van der Waals surface area contributed by atoms with Crippen molar-refractivity contribution >= 4 is 18.3 Å². The number of hydrogen-bond donors (Lipinski definition) is 2. The molecule has 0 saturated heterocycles. The number of halogens is 1. The van der Waals surface area contributed by atoms with Gasteiger partial charge in [-0.1, -0.05) is 32.9 Å². The highest BCUT2D eigenvalue weighted by Crippen LogP contribution is 2.25. The summed E-state index contributed by atoms with van der Waals surface area (Å²) in [7, 11) is 0. The summed E-state index contributed by atoms with van der Waals surface area (Å²) in [4.78, 5) is 12.1. The van der Waals surface area contributed by atoms with Crippen molar-refractivity contribution in [3.63, 3.8) is 0 Å². The normalized spacial score (nSPS) is 13.2. The minimum atomic E-state index is -0.505. The van der Waals surface area contributed by atoms with E-state index in [1.165, 1.54) is 5.56 Å². The lowest BCUT2D eigenvalue weighted by atomic mass is 10.0. The smallest absolute Gasteiger partial charge is 0.260 e. The molecule has 0 radical (unpaired) electrons. The molecular weight excluding hydrogens is 312 g/mol. The molecule has 0 aliphatic carbocycles. The number of likely N-dealkylation sites (N-methyl/N-ethyl adjacent to an activating group) is 1. The van der Waals surface area contributed by atoms with Crippen LogP contribution in [0, 0.1) is 6.92 Å². The standard InChI is InChI=1S/C18H30N2O2.ClH/c1-7-19-14(5)11-20-18(21)15(6)22-17-10-16(12(2)3)9-8-13(17)4;/h8-10,12,14-15,19H,7,11H2,1-6H3,(H,20,21);1H/t14-,15?;/m1./s1. The van der Waals surface area contributed by atoms with E-state index in [2.05, 4.69) is 37.5 Å². The molecule has 0 aliphatic rings. The van der Waals surface area contributed by atoms with Crippen LogP contribution in [0.5, 0.6) is 5.75 Å².